The molecule has 0 spiro atoms. The van der Waals surface area contributed by atoms with Crippen LogP contribution in [0, 0.1) is 0 Å². The molecule has 0 radical (unpaired) electrons. The molecule has 15 heavy (non-hydrogen) atoms. The van der Waals surface area contributed by atoms with Crippen LogP contribution in [0.1, 0.15) is 11.1 Å². The van der Waals surface area contributed by atoms with Gasteiger partial charge in [0.05, 0.1) is 23.6 Å². The third-order valence-corrected chi connectivity index (χ3v) is 2.56. The monoisotopic (exact) mass is 258 g/mol. The zero-order valence-corrected chi connectivity index (χ0v) is 9.17. The van der Waals surface area contributed by atoms with Crippen molar-refractivity contribution in [2.45, 2.75) is 12.1 Å². The van der Waals surface area contributed by atoms with Crippen molar-refractivity contribution in [2.75, 3.05) is 7.11 Å². The van der Waals surface area contributed by atoms with E-state index in [1.807, 2.05) is 0 Å². The van der Waals surface area contributed by atoms with E-state index in [1.165, 1.54) is 13.2 Å². The molecule has 0 saturated heterocycles. The van der Waals surface area contributed by atoms with E-state index >= 15 is 0 Å². The van der Waals surface area contributed by atoms with Crippen LogP contribution in [-0.4, -0.2) is 7.11 Å². The normalized spacial score (nSPS) is 11.6. The highest BCUT2D eigenvalue weighted by atomic mass is 35.5. The third-order valence-electron chi connectivity index (χ3n) is 1.86. The van der Waals surface area contributed by atoms with E-state index in [0.29, 0.717) is 0 Å². The summed E-state index contributed by atoms with van der Waals surface area (Å²) in [7, 11) is 1.34. The second kappa shape index (κ2) is 4.49. The van der Waals surface area contributed by atoms with Crippen molar-refractivity contribution in [3.63, 3.8) is 0 Å². The topological polar surface area (TPSA) is 9.23 Å². The molecular weight excluding hydrogens is 252 g/mol. The SMILES string of the molecule is COc1ccc(C(F)(F)F)c(Cl)c1CCl. The van der Waals surface area contributed by atoms with E-state index in [-0.39, 0.29) is 17.2 Å². The van der Waals surface area contributed by atoms with Crippen LogP contribution >= 0.6 is 23.2 Å². The van der Waals surface area contributed by atoms with E-state index in [4.69, 9.17) is 27.9 Å². The van der Waals surface area contributed by atoms with Crippen molar-refractivity contribution in [3.05, 3.63) is 28.3 Å². The lowest BCUT2D eigenvalue weighted by Crippen LogP contribution is -2.07. The fourth-order valence-electron chi connectivity index (χ4n) is 1.14. The number of rotatable bonds is 2. The summed E-state index contributed by atoms with van der Waals surface area (Å²) in [5.41, 5.74) is -0.753. The molecule has 1 aromatic rings. The van der Waals surface area contributed by atoms with Crippen molar-refractivity contribution < 1.29 is 17.9 Å². The zero-order valence-electron chi connectivity index (χ0n) is 7.66. The van der Waals surface area contributed by atoms with Crippen LogP contribution < -0.4 is 4.74 Å². The highest BCUT2D eigenvalue weighted by Gasteiger charge is 2.34. The Morgan fingerprint density at radius 2 is 1.93 bits per heavy atom. The number of benzene rings is 1. The predicted octanol–water partition coefficient (Wildman–Crippen LogP) is 4.11. The van der Waals surface area contributed by atoms with Gasteiger partial charge in [-0.1, -0.05) is 11.6 Å². The number of alkyl halides is 4. The van der Waals surface area contributed by atoms with Gasteiger partial charge < -0.3 is 4.74 Å². The van der Waals surface area contributed by atoms with Crippen LogP contribution in [0.25, 0.3) is 0 Å². The van der Waals surface area contributed by atoms with E-state index in [1.54, 1.807) is 0 Å². The van der Waals surface area contributed by atoms with Crippen LogP contribution in [0.15, 0.2) is 12.1 Å². The summed E-state index contributed by atoms with van der Waals surface area (Å²) in [6.07, 6.45) is -4.48. The van der Waals surface area contributed by atoms with E-state index in [2.05, 4.69) is 0 Å². The van der Waals surface area contributed by atoms with E-state index in [9.17, 15) is 13.2 Å². The molecule has 0 saturated carbocycles. The molecule has 0 unspecified atom stereocenters. The molecule has 1 nitrogen and oxygen atoms in total. The number of methoxy groups -OCH3 is 1. The zero-order chi connectivity index (χ0) is 11.6. The third kappa shape index (κ3) is 2.49. The first-order valence-electron chi connectivity index (χ1n) is 3.90. The second-order valence-corrected chi connectivity index (χ2v) is 3.38. The van der Waals surface area contributed by atoms with Crippen LogP contribution in [-0.2, 0) is 12.1 Å². The molecule has 0 bridgehead atoms. The standard InChI is InChI=1S/C9H7Cl2F3O/c1-15-7-3-2-6(9(12,13)14)8(11)5(7)4-10/h2-3H,4H2,1H3. The van der Waals surface area contributed by atoms with Crippen molar-refractivity contribution in [1.29, 1.82) is 0 Å². The molecular formula is C9H7Cl2F3O. The maximum atomic E-state index is 12.4. The number of hydrogen-bond donors (Lipinski definition) is 0. The van der Waals surface area contributed by atoms with Gasteiger partial charge in [-0.2, -0.15) is 13.2 Å². The Hall–Kier alpha value is -0.610. The molecule has 0 aliphatic carbocycles. The maximum Gasteiger partial charge on any atom is 0.417 e. The molecule has 0 fully saturated rings. The molecule has 0 heterocycles. The molecule has 84 valence electrons. The summed E-state index contributed by atoms with van der Waals surface area (Å²) in [6.45, 7) is 0. The van der Waals surface area contributed by atoms with Crippen LogP contribution in [0.5, 0.6) is 5.75 Å². The van der Waals surface area contributed by atoms with Gasteiger partial charge in [-0.15, -0.1) is 11.6 Å². The predicted molar refractivity (Wildman–Crippen MR) is 52.6 cm³/mol. The average Bonchev–Trinajstić information content (AvgIpc) is 2.15. The quantitative estimate of drug-likeness (QED) is 0.726. The molecule has 0 atom stereocenters. The second-order valence-electron chi connectivity index (χ2n) is 2.74. The minimum atomic E-state index is -4.48. The van der Waals surface area contributed by atoms with E-state index in [0.717, 1.165) is 6.07 Å². The summed E-state index contributed by atoms with van der Waals surface area (Å²) in [5, 5.41) is -0.406. The van der Waals surface area contributed by atoms with Crippen LogP contribution in [0.4, 0.5) is 13.2 Å². The Morgan fingerprint density at radius 3 is 2.33 bits per heavy atom. The number of halogens is 5. The lowest BCUT2D eigenvalue weighted by molar-refractivity contribution is -0.137. The molecule has 0 aliphatic heterocycles. The fourth-order valence-corrected chi connectivity index (χ4v) is 1.80. The van der Waals surface area contributed by atoms with Gasteiger partial charge >= 0.3 is 6.18 Å². The van der Waals surface area contributed by atoms with Crippen molar-refractivity contribution in [1.82, 2.24) is 0 Å². The number of ether oxygens (including phenoxy) is 1. The van der Waals surface area contributed by atoms with Crippen molar-refractivity contribution in [3.8, 4) is 5.75 Å². The first kappa shape index (κ1) is 12.5. The first-order chi connectivity index (χ1) is 6.91. The lowest BCUT2D eigenvalue weighted by atomic mass is 10.1. The van der Waals surface area contributed by atoms with Gasteiger partial charge in [0.1, 0.15) is 5.75 Å². The molecule has 0 amide bonds. The Kier molecular flexibility index (Phi) is 3.73. The summed E-state index contributed by atoms with van der Waals surface area (Å²) < 4.78 is 42.1. The first-order valence-corrected chi connectivity index (χ1v) is 4.81. The van der Waals surface area contributed by atoms with Gasteiger partial charge in [0.15, 0.2) is 0 Å². The van der Waals surface area contributed by atoms with Gasteiger partial charge in [-0.3, -0.25) is 0 Å². The molecule has 6 heteroatoms. The molecule has 0 aromatic heterocycles. The average molecular weight is 259 g/mol. The highest BCUT2D eigenvalue weighted by Crippen LogP contribution is 2.40. The summed E-state index contributed by atoms with van der Waals surface area (Å²) in [4.78, 5) is 0. The fraction of sp³-hybridized carbons (Fsp3) is 0.333. The molecule has 1 aromatic carbocycles. The minimum Gasteiger partial charge on any atom is -0.496 e. The van der Waals surface area contributed by atoms with Gasteiger partial charge in [0.25, 0.3) is 0 Å². The smallest absolute Gasteiger partial charge is 0.417 e. The van der Waals surface area contributed by atoms with Crippen molar-refractivity contribution in [2.24, 2.45) is 0 Å². The molecule has 0 N–H and O–H groups in total. The molecule has 0 aliphatic rings. The van der Waals surface area contributed by atoms with Crippen LogP contribution in [0.3, 0.4) is 0 Å². The highest BCUT2D eigenvalue weighted by molar-refractivity contribution is 6.33. The Morgan fingerprint density at radius 1 is 1.33 bits per heavy atom. The van der Waals surface area contributed by atoms with Gasteiger partial charge in [0, 0.05) is 5.56 Å². The lowest BCUT2D eigenvalue weighted by Gasteiger charge is -2.14. The Bertz CT molecular complexity index is 363. The van der Waals surface area contributed by atoms with Gasteiger partial charge in [-0.25, -0.2) is 0 Å². The largest absolute Gasteiger partial charge is 0.496 e. The van der Waals surface area contributed by atoms with Crippen molar-refractivity contribution >= 4 is 23.2 Å². The molecule has 1 rings (SSSR count). The Labute approximate surface area is 94.7 Å². The summed E-state index contributed by atoms with van der Waals surface area (Å²) >= 11 is 11.1. The van der Waals surface area contributed by atoms with Crippen LogP contribution in [0.2, 0.25) is 5.02 Å². The minimum absolute atomic E-state index is 0.133. The Balaban J connectivity index is 3.36. The maximum absolute atomic E-state index is 12.4. The summed E-state index contributed by atoms with van der Waals surface area (Å²) in [6, 6.07) is 2.07. The number of hydrogen-bond acceptors (Lipinski definition) is 1. The summed E-state index contributed by atoms with van der Waals surface area (Å²) in [5.74, 6) is 0.120. The van der Waals surface area contributed by atoms with Gasteiger partial charge in [-0.05, 0) is 12.1 Å². The van der Waals surface area contributed by atoms with E-state index < -0.39 is 16.8 Å². The van der Waals surface area contributed by atoms with Gasteiger partial charge in [0.2, 0.25) is 0 Å².